The van der Waals surface area contributed by atoms with E-state index in [1.807, 2.05) is 18.0 Å². The quantitative estimate of drug-likeness (QED) is 0.699. The van der Waals surface area contributed by atoms with Gasteiger partial charge in [0.25, 0.3) is 0 Å². The summed E-state index contributed by atoms with van der Waals surface area (Å²) in [6, 6.07) is 0. The van der Waals surface area contributed by atoms with Crippen LogP contribution in [0.5, 0.6) is 0 Å². The van der Waals surface area contributed by atoms with Crippen molar-refractivity contribution >= 4 is 5.91 Å². The number of hydrogen-bond acceptors (Lipinski definition) is 2. The van der Waals surface area contributed by atoms with Gasteiger partial charge < -0.3 is 10.0 Å². The van der Waals surface area contributed by atoms with Gasteiger partial charge in [-0.2, -0.15) is 0 Å². The number of aliphatic hydroxyl groups excluding tert-OH is 1. The van der Waals surface area contributed by atoms with E-state index in [-0.39, 0.29) is 17.4 Å². The van der Waals surface area contributed by atoms with Crippen molar-refractivity contribution in [3.63, 3.8) is 0 Å². The minimum atomic E-state index is -0.0626. The number of fused-ring (bicyclic) bond motifs is 5. The Morgan fingerprint density at radius 2 is 1.96 bits per heavy atom. The second-order valence-electron chi connectivity index (χ2n) is 10.7. The highest BCUT2D eigenvalue weighted by molar-refractivity contribution is 5.91. The number of carbonyl (C=O) groups is 1. The summed E-state index contributed by atoms with van der Waals surface area (Å²) in [5.74, 6) is 2.96. The zero-order valence-corrected chi connectivity index (χ0v) is 17.2. The molecule has 0 aromatic carbocycles. The smallest absolute Gasteiger partial charge is 0.246 e. The Labute approximate surface area is 163 Å². The molecule has 3 fully saturated rings. The van der Waals surface area contributed by atoms with Crippen molar-refractivity contribution in [2.45, 2.75) is 71.3 Å². The summed E-state index contributed by atoms with van der Waals surface area (Å²) >= 11 is 0. The third-order valence-electron chi connectivity index (χ3n) is 9.59. The van der Waals surface area contributed by atoms with Crippen molar-refractivity contribution in [1.82, 2.24) is 4.90 Å². The molecule has 0 bridgehead atoms. The summed E-state index contributed by atoms with van der Waals surface area (Å²) in [7, 11) is 1.92. The molecule has 148 valence electrons. The first-order chi connectivity index (χ1) is 12.8. The topological polar surface area (TPSA) is 40.5 Å². The van der Waals surface area contributed by atoms with Crippen LogP contribution in [0.4, 0.5) is 0 Å². The average molecular weight is 370 g/mol. The Hall–Kier alpha value is -1.09. The minimum Gasteiger partial charge on any atom is -0.393 e. The molecule has 3 nitrogen and oxygen atoms in total. The number of allylic oxidation sites excluding steroid dienone is 2. The first kappa shape index (κ1) is 18.0. The summed E-state index contributed by atoms with van der Waals surface area (Å²) in [6.07, 6.45) is 14.0. The number of rotatable bonds is 1. The van der Waals surface area contributed by atoms with Crippen molar-refractivity contribution < 1.29 is 9.90 Å². The molecule has 1 heterocycles. The number of carbonyl (C=O) groups excluding carboxylic acids is 1. The second-order valence-corrected chi connectivity index (χ2v) is 10.7. The van der Waals surface area contributed by atoms with Crippen LogP contribution in [-0.4, -0.2) is 35.6 Å². The molecule has 4 aliphatic carbocycles. The Balaban J connectivity index is 1.42. The summed E-state index contributed by atoms with van der Waals surface area (Å²) in [6.45, 7) is 5.87. The van der Waals surface area contributed by atoms with E-state index in [4.69, 9.17) is 0 Å². The molecule has 0 aromatic heterocycles. The summed E-state index contributed by atoms with van der Waals surface area (Å²) < 4.78 is 0. The van der Waals surface area contributed by atoms with E-state index in [1.54, 1.807) is 5.57 Å². The third-order valence-corrected chi connectivity index (χ3v) is 9.59. The molecule has 5 aliphatic rings. The van der Waals surface area contributed by atoms with Crippen LogP contribution in [0, 0.1) is 34.5 Å². The van der Waals surface area contributed by atoms with Gasteiger partial charge in [0.15, 0.2) is 0 Å². The van der Waals surface area contributed by atoms with Crippen molar-refractivity contribution in [3.8, 4) is 0 Å². The standard InChI is InChI=1S/C24H35NO2/c1-23-10-8-17(26)13-16(23)4-5-18-20-7-6-19(15-12-22(27)25(3)14-15)24(20,2)11-9-21(18)23/h7,12,16-19,21,26H,4-6,8-11,13-14H2,1-3H3/t16-,17+,18+,19-,21+,23+,24-/m1/s1. The fraction of sp³-hybridized carbons (Fsp3) is 0.792. The van der Waals surface area contributed by atoms with Gasteiger partial charge in [0.2, 0.25) is 5.91 Å². The zero-order chi connectivity index (χ0) is 19.0. The van der Waals surface area contributed by atoms with E-state index < -0.39 is 0 Å². The fourth-order valence-electron chi connectivity index (χ4n) is 8.00. The summed E-state index contributed by atoms with van der Waals surface area (Å²) in [5.41, 5.74) is 3.79. The van der Waals surface area contributed by atoms with Crippen molar-refractivity contribution in [2.75, 3.05) is 13.6 Å². The molecule has 1 amide bonds. The van der Waals surface area contributed by atoms with E-state index in [1.165, 1.54) is 37.7 Å². The minimum absolute atomic E-state index is 0.0626. The van der Waals surface area contributed by atoms with Crippen LogP contribution in [-0.2, 0) is 4.79 Å². The largest absolute Gasteiger partial charge is 0.393 e. The van der Waals surface area contributed by atoms with E-state index in [0.29, 0.717) is 17.3 Å². The maximum absolute atomic E-state index is 12.1. The van der Waals surface area contributed by atoms with Crippen molar-refractivity contribution in [1.29, 1.82) is 0 Å². The molecule has 3 heteroatoms. The van der Waals surface area contributed by atoms with Crippen LogP contribution >= 0.6 is 0 Å². The molecule has 1 aliphatic heterocycles. The maximum Gasteiger partial charge on any atom is 0.246 e. The lowest BCUT2D eigenvalue weighted by Gasteiger charge is -2.59. The summed E-state index contributed by atoms with van der Waals surface area (Å²) in [4.78, 5) is 13.9. The fourth-order valence-corrected chi connectivity index (χ4v) is 8.00. The van der Waals surface area contributed by atoms with Gasteiger partial charge in [0.1, 0.15) is 0 Å². The van der Waals surface area contributed by atoms with Gasteiger partial charge in [-0.25, -0.2) is 0 Å². The van der Waals surface area contributed by atoms with Gasteiger partial charge in [0, 0.05) is 19.7 Å². The molecule has 0 aromatic rings. The number of nitrogens with zero attached hydrogens (tertiary/aromatic N) is 1. The molecular formula is C24H35NO2. The third kappa shape index (κ3) is 2.46. The van der Waals surface area contributed by atoms with Crippen LogP contribution in [0.1, 0.15) is 65.2 Å². The van der Waals surface area contributed by atoms with E-state index in [9.17, 15) is 9.90 Å². The lowest BCUT2D eigenvalue weighted by Crippen LogP contribution is -2.52. The molecule has 3 saturated carbocycles. The Bertz CT molecular complexity index is 724. The Kier molecular flexibility index (Phi) is 3.96. The van der Waals surface area contributed by atoms with Gasteiger partial charge in [-0.3, -0.25) is 4.79 Å². The first-order valence-corrected chi connectivity index (χ1v) is 11.2. The highest BCUT2D eigenvalue weighted by Gasteiger charge is 2.58. The zero-order valence-electron chi connectivity index (χ0n) is 17.2. The molecule has 0 unspecified atom stereocenters. The van der Waals surface area contributed by atoms with Crippen molar-refractivity contribution in [3.05, 3.63) is 23.3 Å². The number of aliphatic hydroxyl groups is 1. The normalized spacial score (nSPS) is 49.3. The van der Waals surface area contributed by atoms with E-state index in [2.05, 4.69) is 19.9 Å². The Morgan fingerprint density at radius 1 is 1.15 bits per heavy atom. The van der Waals surface area contributed by atoms with Crippen LogP contribution in [0.15, 0.2) is 23.3 Å². The Morgan fingerprint density at radius 3 is 2.70 bits per heavy atom. The molecule has 0 saturated heterocycles. The van der Waals surface area contributed by atoms with Crippen LogP contribution < -0.4 is 0 Å². The van der Waals surface area contributed by atoms with Gasteiger partial charge in [-0.1, -0.05) is 25.5 Å². The molecule has 27 heavy (non-hydrogen) atoms. The van der Waals surface area contributed by atoms with Gasteiger partial charge in [0.05, 0.1) is 6.10 Å². The van der Waals surface area contributed by atoms with Crippen molar-refractivity contribution in [2.24, 2.45) is 34.5 Å². The molecular weight excluding hydrogens is 334 g/mol. The van der Waals surface area contributed by atoms with Crippen LogP contribution in [0.3, 0.4) is 0 Å². The first-order valence-electron chi connectivity index (χ1n) is 11.2. The predicted molar refractivity (Wildman–Crippen MR) is 107 cm³/mol. The molecule has 5 rings (SSSR count). The lowest BCUT2D eigenvalue weighted by atomic mass is 9.45. The SMILES string of the molecule is CN1CC([C@H]2CC=C3[C@@H]4CC[C@@H]5C[C@@H](O)CC[C@]5(C)[C@H]4CC[C@@]32C)=CC1=O. The molecule has 0 spiro atoms. The average Bonchev–Trinajstić information content (AvgIpc) is 3.14. The van der Waals surface area contributed by atoms with Gasteiger partial charge in [-0.15, -0.1) is 0 Å². The van der Waals surface area contributed by atoms with Crippen LogP contribution in [0.25, 0.3) is 0 Å². The summed E-state index contributed by atoms with van der Waals surface area (Å²) in [5, 5.41) is 10.2. The predicted octanol–water partition coefficient (Wildman–Crippen LogP) is 4.32. The number of amides is 1. The maximum atomic E-state index is 12.1. The van der Waals surface area contributed by atoms with Gasteiger partial charge >= 0.3 is 0 Å². The van der Waals surface area contributed by atoms with Gasteiger partial charge in [-0.05, 0) is 91.4 Å². The highest BCUT2D eigenvalue weighted by Crippen LogP contribution is 2.66. The van der Waals surface area contributed by atoms with E-state index >= 15 is 0 Å². The second kappa shape index (κ2) is 5.95. The number of likely N-dealkylation sites (N-methyl/N-ethyl adjacent to an activating group) is 1. The number of hydrogen-bond donors (Lipinski definition) is 1. The lowest BCUT2D eigenvalue weighted by molar-refractivity contribution is -0.123. The monoisotopic (exact) mass is 369 g/mol. The molecule has 7 atom stereocenters. The highest BCUT2D eigenvalue weighted by atomic mass is 16.3. The molecule has 1 N–H and O–H groups in total. The van der Waals surface area contributed by atoms with Crippen LogP contribution in [0.2, 0.25) is 0 Å². The van der Waals surface area contributed by atoms with E-state index in [0.717, 1.165) is 37.6 Å². The molecule has 0 radical (unpaired) electrons.